The van der Waals surface area contributed by atoms with E-state index in [1.165, 1.54) is 7.11 Å². The number of pyridine rings is 1. The van der Waals surface area contributed by atoms with Crippen LogP contribution in [0.15, 0.2) is 12.3 Å². The third-order valence-electron chi connectivity index (χ3n) is 2.93. The summed E-state index contributed by atoms with van der Waals surface area (Å²) >= 11 is 0. The van der Waals surface area contributed by atoms with E-state index < -0.39 is 5.97 Å². The fraction of sp³-hybridized carbons (Fsp3) is 0.500. The molecule has 0 spiro atoms. The van der Waals surface area contributed by atoms with Crippen molar-refractivity contribution in [2.45, 2.75) is 13.0 Å². The van der Waals surface area contributed by atoms with Gasteiger partial charge in [-0.2, -0.15) is 0 Å². The number of methoxy groups -OCH3 is 1. The quantitative estimate of drug-likeness (QED) is 0.779. The average molecular weight is 251 g/mol. The number of carbonyl (C=O) groups is 1. The molecular weight excluding hydrogens is 234 g/mol. The molecule has 0 radical (unpaired) electrons. The maximum Gasteiger partial charge on any atom is 0.341 e. The summed E-state index contributed by atoms with van der Waals surface area (Å²) in [6.07, 6.45) is 1.55. The van der Waals surface area contributed by atoms with Gasteiger partial charge in [-0.3, -0.25) is 0 Å². The fourth-order valence-electron chi connectivity index (χ4n) is 2.00. The highest BCUT2D eigenvalue weighted by Gasteiger charge is 2.25. The molecule has 1 aliphatic rings. The van der Waals surface area contributed by atoms with Crippen molar-refractivity contribution >= 4 is 17.5 Å². The van der Waals surface area contributed by atoms with E-state index in [0.717, 1.165) is 0 Å². The van der Waals surface area contributed by atoms with Crippen LogP contribution in [0.3, 0.4) is 0 Å². The van der Waals surface area contributed by atoms with Crippen LogP contribution in [0.25, 0.3) is 0 Å². The minimum atomic E-state index is -0.427. The van der Waals surface area contributed by atoms with Crippen LogP contribution in [0.2, 0.25) is 0 Å². The maximum atomic E-state index is 11.8. The third-order valence-corrected chi connectivity index (χ3v) is 2.93. The van der Waals surface area contributed by atoms with Gasteiger partial charge in [0.25, 0.3) is 0 Å². The lowest BCUT2D eigenvalue weighted by molar-refractivity contribution is 0.0599. The van der Waals surface area contributed by atoms with Gasteiger partial charge in [0.1, 0.15) is 11.4 Å². The molecule has 0 bridgehead atoms. The lowest BCUT2D eigenvalue weighted by Crippen LogP contribution is -2.44. The lowest BCUT2D eigenvalue weighted by Gasteiger charge is -2.35. The number of esters is 1. The second kappa shape index (κ2) is 5.22. The van der Waals surface area contributed by atoms with Crippen molar-refractivity contribution in [1.82, 2.24) is 4.98 Å². The second-order valence-corrected chi connectivity index (χ2v) is 4.25. The Labute approximate surface area is 106 Å². The monoisotopic (exact) mass is 251 g/mol. The van der Waals surface area contributed by atoms with E-state index in [1.54, 1.807) is 12.3 Å². The van der Waals surface area contributed by atoms with Gasteiger partial charge in [0, 0.05) is 6.54 Å². The van der Waals surface area contributed by atoms with Crippen LogP contribution in [0.1, 0.15) is 17.3 Å². The van der Waals surface area contributed by atoms with Gasteiger partial charge < -0.3 is 20.1 Å². The predicted octanol–water partition coefficient (Wildman–Crippen LogP) is 0.675. The topological polar surface area (TPSA) is 77.7 Å². The largest absolute Gasteiger partial charge is 0.465 e. The Morgan fingerprint density at radius 1 is 1.67 bits per heavy atom. The number of carbonyl (C=O) groups excluding carboxylic acids is 1. The zero-order valence-corrected chi connectivity index (χ0v) is 10.5. The smallest absolute Gasteiger partial charge is 0.341 e. The van der Waals surface area contributed by atoms with Gasteiger partial charge >= 0.3 is 5.97 Å². The Kier molecular flexibility index (Phi) is 3.66. The van der Waals surface area contributed by atoms with Crippen molar-refractivity contribution in [2.24, 2.45) is 0 Å². The lowest BCUT2D eigenvalue weighted by atomic mass is 10.2. The Hall–Kier alpha value is -1.82. The number of nitrogen functional groups attached to an aromatic ring is 1. The first kappa shape index (κ1) is 12.6. The molecule has 1 atom stereocenters. The summed E-state index contributed by atoms with van der Waals surface area (Å²) in [6, 6.07) is 1.76. The van der Waals surface area contributed by atoms with Crippen molar-refractivity contribution in [3.05, 3.63) is 17.8 Å². The van der Waals surface area contributed by atoms with E-state index >= 15 is 0 Å². The zero-order valence-electron chi connectivity index (χ0n) is 10.5. The molecule has 0 amide bonds. The standard InChI is InChI=1S/C12H17N3O3/c1-8-7-18-4-3-15(8)11-10(12(16)17-2)5-9(13)6-14-11/h5-6,8H,3-4,7,13H2,1-2H3. The first-order chi connectivity index (χ1) is 8.63. The number of anilines is 2. The molecule has 18 heavy (non-hydrogen) atoms. The van der Waals surface area contributed by atoms with Gasteiger partial charge in [-0.15, -0.1) is 0 Å². The Balaban J connectivity index is 2.39. The summed E-state index contributed by atoms with van der Waals surface area (Å²) in [5.74, 6) is 0.176. The SMILES string of the molecule is COC(=O)c1cc(N)cnc1N1CCOCC1C. The van der Waals surface area contributed by atoms with Gasteiger partial charge in [-0.25, -0.2) is 9.78 Å². The van der Waals surface area contributed by atoms with Crippen molar-refractivity contribution < 1.29 is 14.3 Å². The zero-order chi connectivity index (χ0) is 13.1. The van der Waals surface area contributed by atoms with E-state index in [9.17, 15) is 4.79 Å². The summed E-state index contributed by atoms with van der Waals surface area (Å²) in [6.45, 7) is 3.96. The van der Waals surface area contributed by atoms with Gasteiger partial charge in [0.05, 0.1) is 38.2 Å². The molecule has 6 heteroatoms. The van der Waals surface area contributed by atoms with Gasteiger partial charge in [-0.1, -0.05) is 0 Å². The highest BCUT2D eigenvalue weighted by Crippen LogP contribution is 2.24. The van der Waals surface area contributed by atoms with Crippen LogP contribution in [0.4, 0.5) is 11.5 Å². The summed E-state index contributed by atoms with van der Waals surface area (Å²) < 4.78 is 10.1. The normalized spacial score (nSPS) is 19.7. The van der Waals surface area contributed by atoms with Crippen LogP contribution in [-0.4, -0.2) is 43.9 Å². The Morgan fingerprint density at radius 2 is 2.44 bits per heavy atom. The molecule has 2 rings (SSSR count). The Bertz CT molecular complexity index is 450. The predicted molar refractivity (Wildman–Crippen MR) is 67.6 cm³/mol. The van der Waals surface area contributed by atoms with Gasteiger partial charge in [0.15, 0.2) is 0 Å². The van der Waals surface area contributed by atoms with Crippen LogP contribution in [0, 0.1) is 0 Å². The number of rotatable bonds is 2. The third kappa shape index (κ3) is 2.38. The molecule has 1 aliphatic heterocycles. The number of nitrogens with two attached hydrogens (primary N) is 1. The fourth-order valence-corrected chi connectivity index (χ4v) is 2.00. The van der Waals surface area contributed by atoms with E-state index in [0.29, 0.717) is 36.8 Å². The van der Waals surface area contributed by atoms with Crippen LogP contribution < -0.4 is 10.6 Å². The number of morpholine rings is 1. The van der Waals surface area contributed by atoms with Crippen LogP contribution >= 0.6 is 0 Å². The molecule has 1 aromatic rings. The summed E-state index contributed by atoms with van der Waals surface area (Å²) in [5.41, 5.74) is 6.51. The molecule has 98 valence electrons. The highest BCUT2D eigenvalue weighted by atomic mass is 16.5. The van der Waals surface area contributed by atoms with E-state index in [1.807, 2.05) is 11.8 Å². The molecule has 0 aromatic carbocycles. The van der Waals surface area contributed by atoms with Gasteiger partial charge in [-0.05, 0) is 13.0 Å². The first-order valence-electron chi connectivity index (χ1n) is 5.81. The number of aromatic nitrogens is 1. The number of nitrogens with zero attached hydrogens (tertiary/aromatic N) is 2. The number of ether oxygens (including phenoxy) is 2. The molecule has 2 N–H and O–H groups in total. The molecule has 1 fully saturated rings. The van der Waals surface area contributed by atoms with Crippen molar-refractivity contribution in [3.8, 4) is 0 Å². The molecule has 0 saturated carbocycles. The first-order valence-corrected chi connectivity index (χ1v) is 5.81. The molecule has 1 unspecified atom stereocenters. The molecule has 1 aromatic heterocycles. The molecule has 2 heterocycles. The van der Waals surface area contributed by atoms with Crippen LogP contribution in [0.5, 0.6) is 0 Å². The highest BCUT2D eigenvalue weighted by molar-refractivity contribution is 5.95. The summed E-state index contributed by atoms with van der Waals surface area (Å²) in [7, 11) is 1.35. The van der Waals surface area contributed by atoms with Gasteiger partial charge in [0.2, 0.25) is 0 Å². The second-order valence-electron chi connectivity index (χ2n) is 4.25. The number of hydrogen-bond donors (Lipinski definition) is 1. The average Bonchev–Trinajstić information content (AvgIpc) is 2.39. The molecule has 0 aliphatic carbocycles. The van der Waals surface area contributed by atoms with Crippen molar-refractivity contribution in [3.63, 3.8) is 0 Å². The molecular formula is C12H17N3O3. The van der Waals surface area contributed by atoms with E-state index in [2.05, 4.69) is 4.98 Å². The van der Waals surface area contributed by atoms with E-state index in [4.69, 9.17) is 15.2 Å². The maximum absolute atomic E-state index is 11.8. The Morgan fingerprint density at radius 3 is 3.11 bits per heavy atom. The molecule has 1 saturated heterocycles. The minimum absolute atomic E-state index is 0.165. The van der Waals surface area contributed by atoms with Crippen molar-refractivity contribution in [2.75, 3.05) is 37.5 Å². The van der Waals surface area contributed by atoms with E-state index in [-0.39, 0.29) is 6.04 Å². The number of hydrogen-bond acceptors (Lipinski definition) is 6. The summed E-state index contributed by atoms with van der Waals surface area (Å²) in [5, 5.41) is 0. The minimum Gasteiger partial charge on any atom is -0.465 e. The summed E-state index contributed by atoms with van der Waals surface area (Å²) in [4.78, 5) is 18.1. The van der Waals surface area contributed by atoms with Crippen LogP contribution in [-0.2, 0) is 9.47 Å². The van der Waals surface area contributed by atoms with Crippen molar-refractivity contribution in [1.29, 1.82) is 0 Å². The molecule has 6 nitrogen and oxygen atoms in total.